The van der Waals surface area contributed by atoms with Crippen LogP contribution < -0.4 is 5.32 Å². The van der Waals surface area contributed by atoms with Crippen LogP contribution in [0.5, 0.6) is 0 Å². The van der Waals surface area contributed by atoms with E-state index in [1.807, 2.05) is 0 Å². The van der Waals surface area contributed by atoms with Crippen molar-refractivity contribution in [3.63, 3.8) is 0 Å². The van der Waals surface area contributed by atoms with Gasteiger partial charge in [0.25, 0.3) is 6.43 Å². The van der Waals surface area contributed by atoms with Crippen LogP contribution in [0.3, 0.4) is 0 Å². The number of hydrogen-bond donors (Lipinski definition) is 1. The summed E-state index contributed by atoms with van der Waals surface area (Å²) < 4.78 is 31.0. The van der Waals surface area contributed by atoms with E-state index in [0.29, 0.717) is 0 Å². The lowest BCUT2D eigenvalue weighted by molar-refractivity contribution is -0.114. The van der Waals surface area contributed by atoms with Crippen LogP contribution in [0.4, 0.5) is 14.5 Å². The summed E-state index contributed by atoms with van der Waals surface area (Å²) in [5.41, 5.74) is -0.709. The predicted octanol–water partition coefficient (Wildman–Crippen LogP) is 5.39. The molecule has 0 radical (unpaired) electrons. The molecule has 1 aromatic carbocycles. The van der Waals surface area contributed by atoms with Crippen LogP contribution in [0.1, 0.15) is 29.4 Å². The fourth-order valence-electron chi connectivity index (χ4n) is 2.15. The molecule has 1 N–H and O–H groups in total. The van der Waals surface area contributed by atoms with E-state index >= 15 is 0 Å². The van der Waals surface area contributed by atoms with E-state index in [1.165, 1.54) is 25.1 Å². The topological polar surface area (TPSA) is 68.3 Å². The maximum Gasteiger partial charge on any atom is 0.358 e. The van der Waals surface area contributed by atoms with Gasteiger partial charge in [-0.3, -0.25) is 4.79 Å². The molecule has 1 amide bonds. The van der Waals surface area contributed by atoms with Crippen LogP contribution in [-0.2, 0) is 9.53 Å². The molecule has 2 rings (SSSR count). The van der Waals surface area contributed by atoms with Gasteiger partial charge in [0.2, 0.25) is 5.91 Å². The third kappa shape index (κ3) is 4.06. The molecule has 0 fully saturated rings. The smallest absolute Gasteiger partial charge is 0.358 e. The number of methoxy groups -OCH3 is 1. The van der Waals surface area contributed by atoms with Gasteiger partial charge in [-0.15, -0.1) is 0 Å². The summed E-state index contributed by atoms with van der Waals surface area (Å²) in [6.07, 6.45) is -2.92. The van der Waals surface area contributed by atoms with E-state index in [9.17, 15) is 18.4 Å². The maximum atomic E-state index is 13.2. The minimum absolute atomic E-state index is 0.0297. The second kappa shape index (κ2) is 8.16. The average molecular weight is 424 g/mol. The lowest BCUT2D eigenvalue weighted by atomic mass is 10.1. The van der Waals surface area contributed by atoms with Crippen molar-refractivity contribution >= 4 is 52.4 Å². The zero-order chi connectivity index (χ0) is 19.6. The predicted molar refractivity (Wildman–Crippen MR) is 95.3 cm³/mol. The molecule has 0 atom stereocenters. The van der Waals surface area contributed by atoms with Crippen molar-refractivity contribution in [2.24, 2.45) is 0 Å². The third-order valence-corrected chi connectivity index (χ3v) is 4.39. The molecule has 0 bridgehead atoms. The Hall–Kier alpha value is -1.96. The van der Waals surface area contributed by atoms with Crippen LogP contribution in [0.2, 0.25) is 15.1 Å². The van der Waals surface area contributed by atoms with Crippen molar-refractivity contribution in [1.29, 1.82) is 0 Å². The standard InChI is InChI=1S/C16H11Cl3F2N2O3/c1-6(24)22-10-5-9(23-14(13(10)19)16(25)26-2)7-3-4-8(17)11(12(7)18)15(20)21/h3-5,15H,1-2H3,(H,22,23,24). The molecule has 1 heterocycles. The van der Waals surface area contributed by atoms with Gasteiger partial charge in [-0.05, 0) is 18.2 Å². The van der Waals surface area contributed by atoms with Crippen molar-refractivity contribution < 1.29 is 23.1 Å². The summed E-state index contributed by atoms with van der Waals surface area (Å²) in [5.74, 6) is -1.34. The summed E-state index contributed by atoms with van der Waals surface area (Å²) >= 11 is 17.9. The Labute approximate surface area is 162 Å². The molecule has 1 aromatic heterocycles. The average Bonchev–Trinajstić information content (AvgIpc) is 2.55. The summed E-state index contributed by atoms with van der Waals surface area (Å²) in [4.78, 5) is 27.3. The SMILES string of the molecule is COC(=O)c1nc(-c2ccc(Cl)c(C(F)F)c2Cl)cc(NC(C)=O)c1Cl. The molecule has 2 aromatic rings. The number of aromatic nitrogens is 1. The van der Waals surface area contributed by atoms with Gasteiger partial charge in [-0.1, -0.05) is 34.8 Å². The number of ether oxygens (including phenoxy) is 1. The van der Waals surface area contributed by atoms with Gasteiger partial charge >= 0.3 is 5.97 Å². The Bertz CT molecular complexity index is 892. The van der Waals surface area contributed by atoms with E-state index in [1.54, 1.807) is 0 Å². The van der Waals surface area contributed by atoms with Gasteiger partial charge in [-0.2, -0.15) is 0 Å². The Kier molecular flexibility index (Phi) is 6.39. The van der Waals surface area contributed by atoms with E-state index in [-0.39, 0.29) is 37.7 Å². The van der Waals surface area contributed by atoms with Crippen LogP contribution in [0, 0.1) is 0 Å². The molecule has 26 heavy (non-hydrogen) atoms. The molecule has 138 valence electrons. The summed E-state index contributed by atoms with van der Waals surface area (Å²) in [5, 5.41) is 1.74. The molecule has 10 heteroatoms. The number of benzene rings is 1. The van der Waals surface area contributed by atoms with Crippen molar-refractivity contribution in [2.45, 2.75) is 13.3 Å². The fraction of sp³-hybridized carbons (Fsp3) is 0.188. The van der Waals surface area contributed by atoms with Gasteiger partial charge < -0.3 is 10.1 Å². The number of carbonyl (C=O) groups is 2. The van der Waals surface area contributed by atoms with E-state index in [4.69, 9.17) is 34.8 Å². The van der Waals surface area contributed by atoms with Crippen molar-refractivity contribution in [3.8, 4) is 11.3 Å². The summed E-state index contributed by atoms with van der Waals surface area (Å²) in [7, 11) is 1.12. The molecular formula is C16H11Cl3F2N2O3. The zero-order valence-electron chi connectivity index (χ0n) is 13.4. The van der Waals surface area contributed by atoms with Gasteiger partial charge in [0, 0.05) is 12.5 Å². The summed E-state index contributed by atoms with van der Waals surface area (Å²) in [6.45, 7) is 1.23. The van der Waals surface area contributed by atoms with Crippen LogP contribution in [0.15, 0.2) is 18.2 Å². The highest BCUT2D eigenvalue weighted by Crippen LogP contribution is 2.41. The lowest BCUT2D eigenvalue weighted by Crippen LogP contribution is -2.12. The number of rotatable bonds is 4. The van der Waals surface area contributed by atoms with Gasteiger partial charge in [0.1, 0.15) is 0 Å². The van der Waals surface area contributed by atoms with Crippen molar-refractivity contribution in [3.05, 3.63) is 44.5 Å². The first-order valence-corrected chi connectivity index (χ1v) is 8.13. The molecule has 0 saturated heterocycles. The fourth-order valence-corrected chi connectivity index (χ4v) is 3.00. The second-order valence-corrected chi connectivity index (χ2v) is 6.18. The number of halogens is 5. The monoisotopic (exact) mass is 422 g/mol. The molecule has 0 saturated carbocycles. The van der Waals surface area contributed by atoms with Crippen LogP contribution in [-0.4, -0.2) is 24.0 Å². The quantitative estimate of drug-likeness (QED) is 0.669. The minimum atomic E-state index is -2.92. The molecule has 5 nitrogen and oxygen atoms in total. The Morgan fingerprint density at radius 3 is 2.38 bits per heavy atom. The molecular weight excluding hydrogens is 413 g/mol. The van der Waals surface area contributed by atoms with Gasteiger partial charge in [0.05, 0.1) is 39.1 Å². The number of nitrogens with one attached hydrogen (secondary N) is 1. The first kappa shape index (κ1) is 20.4. The maximum absolute atomic E-state index is 13.2. The largest absolute Gasteiger partial charge is 0.464 e. The Morgan fingerprint density at radius 1 is 1.19 bits per heavy atom. The number of alkyl halides is 2. The number of anilines is 1. The second-order valence-electron chi connectivity index (χ2n) is 5.01. The number of pyridine rings is 1. The van der Waals surface area contributed by atoms with Gasteiger partial charge in [0.15, 0.2) is 5.69 Å². The molecule has 0 spiro atoms. The van der Waals surface area contributed by atoms with E-state index in [0.717, 1.165) is 7.11 Å². The van der Waals surface area contributed by atoms with Crippen molar-refractivity contribution in [1.82, 2.24) is 4.98 Å². The van der Waals surface area contributed by atoms with Crippen molar-refractivity contribution in [2.75, 3.05) is 12.4 Å². The zero-order valence-corrected chi connectivity index (χ0v) is 15.6. The molecule has 0 unspecified atom stereocenters. The summed E-state index contributed by atoms with van der Waals surface area (Å²) in [6, 6.07) is 3.91. The molecule has 0 aliphatic carbocycles. The lowest BCUT2D eigenvalue weighted by Gasteiger charge is -2.14. The number of esters is 1. The Balaban J connectivity index is 2.76. The Morgan fingerprint density at radius 2 is 1.85 bits per heavy atom. The highest BCUT2D eigenvalue weighted by Gasteiger charge is 2.24. The number of hydrogen-bond acceptors (Lipinski definition) is 4. The number of amides is 1. The van der Waals surface area contributed by atoms with Crippen LogP contribution in [0.25, 0.3) is 11.3 Å². The van der Waals surface area contributed by atoms with Gasteiger partial charge in [-0.25, -0.2) is 18.6 Å². The normalized spacial score (nSPS) is 10.8. The molecule has 0 aliphatic rings. The van der Waals surface area contributed by atoms with E-state index < -0.39 is 23.9 Å². The van der Waals surface area contributed by atoms with E-state index in [2.05, 4.69) is 15.0 Å². The minimum Gasteiger partial charge on any atom is -0.464 e. The highest BCUT2D eigenvalue weighted by atomic mass is 35.5. The third-order valence-electron chi connectivity index (χ3n) is 3.27. The number of carbonyl (C=O) groups excluding carboxylic acids is 2. The highest BCUT2D eigenvalue weighted by molar-refractivity contribution is 6.38. The van der Waals surface area contributed by atoms with Crippen LogP contribution >= 0.6 is 34.8 Å². The number of nitrogens with zero attached hydrogens (tertiary/aromatic N) is 1. The first-order chi connectivity index (χ1) is 12.2. The molecule has 0 aliphatic heterocycles. The first-order valence-electron chi connectivity index (χ1n) is 7.00.